The molecule has 2 fully saturated rings. The summed E-state index contributed by atoms with van der Waals surface area (Å²) in [4.78, 5) is 14.5. The number of hydrogen-bond donors (Lipinski definition) is 2. The number of nitrogens with one attached hydrogen (secondary N) is 2. The number of rotatable bonds is 5. The first-order chi connectivity index (χ1) is 11.3. The second-order valence-corrected chi connectivity index (χ2v) is 5.99. The Labute approximate surface area is 161 Å². The summed E-state index contributed by atoms with van der Waals surface area (Å²) in [7, 11) is 0. The minimum Gasteiger partial charge on any atom is -0.379 e. The molecule has 2 aliphatic heterocycles. The van der Waals surface area contributed by atoms with Crippen molar-refractivity contribution in [3.05, 3.63) is 35.4 Å². The van der Waals surface area contributed by atoms with E-state index in [0.717, 1.165) is 45.0 Å². The van der Waals surface area contributed by atoms with Crippen molar-refractivity contribution in [2.75, 3.05) is 46.0 Å². The van der Waals surface area contributed by atoms with Gasteiger partial charge in [-0.15, -0.1) is 24.8 Å². The van der Waals surface area contributed by atoms with Crippen molar-refractivity contribution in [1.29, 1.82) is 0 Å². The summed E-state index contributed by atoms with van der Waals surface area (Å²) < 4.78 is 10.8. The van der Waals surface area contributed by atoms with E-state index < -0.39 is 0 Å². The molecule has 8 heteroatoms. The van der Waals surface area contributed by atoms with Crippen molar-refractivity contribution in [1.82, 2.24) is 15.5 Å². The largest absolute Gasteiger partial charge is 0.379 e. The van der Waals surface area contributed by atoms with Crippen LogP contribution in [0.5, 0.6) is 0 Å². The molecule has 1 amide bonds. The molecule has 0 spiro atoms. The summed E-state index contributed by atoms with van der Waals surface area (Å²) in [5.41, 5.74) is 2.39. The monoisotopic (exact) mass is 391 g/mol. The Hall–Kier alpha value is -0.890. The third-order valence-corrected chi connectivity index (χ3v) is 4.19. The van der Waals surface area contributed by atoms with Crippen molar-refractivity contribution in [3.8, 4) is 0 Å². The van der Waals surface area contributed by atoms with Crippen LogP contribution < -0.4 is 10.6 Å². The molecule has 0 aliphatic carbocycles. The molecule has 0 aromatic heterocycles. The minimum absolute atomic E-state index is 0. The van der Waals surface area contributed by atoms with Gasteiger partial charge in [0.25, 0.3) is 5.91 Å². The van der Waals surface area contributed by atoms with Gasteiger partial charge in [0.05, 0.1) is 19.8 Å². The first kappa shape index (κ1) is 22.2. The number of ether oxygens (including phenoxy) is 2. The molecule has 2 N–H and O–H groups in total. The predicted octanol–water partition coefficient (Wildman–Crippen LogP) is 0.967. The molecule has 6 nitrogen and oxygen atoms in total. The zero-order chi connectivity index (χ0) is 15.9. The lowest BCUT2D eigenvalue weighted by Crippen LogP contribution is -2.47. The highest BCUT2D eigenvalue weighted by Gasteiger charge is 2.21. The van der Waals surface area contributed by atoms with Gasteiger partial charge >= 0.3 is 0 Å². The number of halogens is 2. The van der Waals surface area contributed by atoms with Crippen LogP contribution in [0.2, 0.25) is 0 Å². The molecule has 142 valence electrons. The molecule has 1 aromatic rings. The lowest BCUT2D eigenvalue weighted by molar-refractivity contribution is -0.134. The lowest BCUT2D eigenvalue weighted by atomic mass is 10.1. The summed E-state index contributed by atoms with van der Waals surface area (Å²) in [6.45, 7) is 7.04. The van der Waals surface area contributed by atoms with Gasteiger partial charge in [-0.1, -0.05) is 24.3 Å². The average molecular weight is 392 g/mol. The van der Waals surface area contributed by atoms with Gasteiger partial charge in [-0.2, -0.15) is 0 Å². The molecule has 0 bridgehead atoms. The van der Waals surface area contributed by atoms with E-state index in [0.29, 0.717) is 19.7 Å². The summed E-state index contributed by atoms with van der Waals surface area (Å²) >= 11 is 0. The van der Waals surface area contributed by atoms with Gasteiger partial charge in [0, 0.05) is 39.3 Å². The van der Waals surface area contributed by atoms with Gasteiger partial charge in [0.15, 0.2) is 0 Å². The highest BCUT2D eigenvalue weighted by atomic mass is 35.5. The van der Waals surface area contributed by atoms with Crippen LogP contribution in [-0.4, -0.2) is 62.9 Å². The van der Waals surface area contributed by atoms with Crippen LogP contribution in [0, 0.1) is 0 Å². The number of nitrogens with zero attached hydrogens (tertiary/aromatic N) is 1. The van der Waals surface area contributed by atoms with E-state index in [1.54, 1.807) is 0 Å². The molecule has 0 saturated carbocycles. The Morgan fingerprint density at radius 1 is 1.20 bits per heavy atom. The quantitative estimate of drug-likeness (QED) is 0.782. The van der Waals surface area contributed by atoms with Gasteiger partial charge in [-0.25, -0.2) is 0 Å². The van der Waals surface area contributed by atoms with E-state index in [2.05, 4.69) is 33.7 Å². The zero-order valence-corrected chi connectivity index (χ0v) is 15.9. The van der Waals surface area contributed by atoms with Crippen molar-refractivity contribution >= 4 is 30.7 Å². The highest BCUT2D eigenvalue weighted by Crippen LogP contribution is 2.10. The van der Waals surface area contributed by atoms with Gasteiger partial charge < -0.3 is 20.1 Å². The van der Waals surface area contributed by atoms with E-state index in [1.165, 1.54) is 5.56 Å². The summed E-state index contributed by atoms with van der Waals surface area (Å²) in [5.74, 6) is -0.0456. The number of carbonyl (C=O) groups is 1. The Bertz CT molecular complexity index is 522. The van der Waals surface area contributed by atoms with Gasteiger partial charge in [-0.3, -0.25) is 9.69 Å². The molecule has 25 heavy (non-hydrogen) atoms. The number of carbonyl (C=O) groups excluding carboxylic acids is 1. The molecular weight excluding hydrogens is 365 g/mol. The Morgan fingerprint density at radius 2 is 1.96 bits per heavy atom. The number of benzene rings is 1. The topological polar surface area (TPSA) is 62.8 Å². The van der Waals surface area contributed by atoms with Crippen LogP contribution in [-0.2, 0) is 27.4 Å². The summed E-state index contributed by atoms with van der Waals surface area (Å²) in [5, 5.41) is 6.13. The first-order valence-electron chi connectivity index (χ1n) is 8.29. The van der Waals surface area contributed by atoms with Crippen molar-refractivity contribution < 1.29 is 14.3 Å². The van der Waals surface area contributed by atoms with Crippen LogP contribution >= 0.6 is 24.8 Å². The van der Waals surface area contributed by atoms with E-state index in [1.807, 2.05) is 6.07 Å². The van der Waals surface area contributed by atoms with E-state index >= 15 is 0 Å². The number of morpholine rings is 2. The normalized spacial score (nSPS) is 20.9. The van der Waals surface area contributed by atoms with Crippen LogP contribution in [0.4, 0.5) is 0 Å². The second kappa shape index (κ2) is 11.7. The fourth-order valence-electron chi connectivity index (χ4n) is 2.89. The van der Waals surface area contributed by atoms with Gasteiger partial charge in [0.1, 0.15) is 6.10 Å². The van der Waals surface area contributed by atoms with Crippen molar-refractivity contribution in [2.45, 2.75) is 19.2 Å². The minimum atomic E-state index is -0.375. The van der Waals surface area contributed by atoms with Crippen molar-refractivity contribution in [2.24, 2.45) is 0 Å². The number of amides is 1. The third-order valence-electron chi connectivity index (χ3n) is 4.19. The maximum absolute atomic E-state index is 12.1. The molecule has 3 rings (SSSR count). The van der Waals surface area contributed by atoms with Crippen molar-refractivity contribution in [3.63, 3.8) is 0 Å². The maximum Gasteiger partial charge on any atom is 0.250 e. The Balaban J connectivity index is 0.00000156. The van der Waals surface area contributed by atoms with E-state index in [9.17, 15) is 4.79 Å². The third kappa shape index (κ3) is 7.09. The SMILES string of the molecule is Cl.Cl.O=C(NCc1cccc(CN2CCOCC2)c1)C1CNCCO1. The van der Waals surface area contributed by atoms with Crippen LogP contribution in [0.15, 0.2) is 24.3 Å². The Kier molecular flexibility index (Phi) is 10.3. The Morgan fingerprint density at radius 3 is 2.68 bits per heavy atom. The number of hydrogen-bond acceptors (Lipinski definition) is 5. The molecule has 2 aliphatic rings. The second-order valence-electron chi connectivity index (χ2n) is 5.99. The van der Waals surface area contributed by atoms with Crippen LogP contribution in [0.1, 0.15) is 11.1 Å². The molecule has 1 atom stereocenters. The first-order valence-corrected chi connectivity index (χ1v) is 8.29. The van der Waals surface area contributed by atoms with E-state index in [-0.39, 0.29) is 36.8 Å². The zero-order valence-electron chi connectivity index (χ0n) is 14.2. The average Bonchev–Trinajstić information content (AvgIpc) is 2.62. The molecule has 1 aromatic carbocycles. The van der Waals surface area contributed by atoms with Crippen LogP contribution in [0.25, 0.3) is 0 Å². The summed E-state index contributed by atoms with van der Waals surface area (Å²) in [6, 6.07) is 8.39. The molecule has 2 heterocycles. The molecule has 1 unspecified atom stereocenters. The fourth-order valence-corrected chi connectivity index (χ4v) is 2.89. The van der Waals surface area contributed by atoms with Crippen LogP contribution in [0.3, 0.4) is 0 Å². The van der Waals surface area contributed by atoms with Gasteiger partial charge in [0.2, 0.25) is 0 Å². The highest BCUT2D eigenvalue weighted by molar-refractivity contribution is 5.85. The fraction of sp³-hybridized carbons (Fsp3) is 0.588. The maximum atomic E-state index is 12.1. The van der Waals surface area contributed by atoms with E-state index in [4.69, 9.17) is 9.47 Å². The predicted molar refractivity (Wildman–Crippen MR) is 101 cm³/mol. The standard InChI is InChI=1S/C17H25N3O3.2ClH/c21-17(16-12-18-4-7-23-16)19-11-14-2-1-3-15(10-14)13-20-5-8-22-9-6-20;;/h1-3,10,16,18H,4-9,11-13H2,(H,19,21);2*1H. The lowest BCUT2D eigenvalue weighted by Gasteiger charge is -2.26. The summed E-state index contributed by atoms with van der Waals surface area (Å²) in [6.07, 6.45) is -0.375. The van der Waals surface area contributed by atoms with Gasteiger partial charge in [-0.05, 0) is 11.1 Å². The molecular formula is C17H27Cl2N3O3. The molecule has 0 radical (unpaired) electrons. The smallest absolute Gasteiger partial charge is 0.250 e. The molecule has 2 saturated heterocycles.